The smallest absolute Gasteiger partial charge is 0.191 e. The minimum Gasteiger partial charge on any atom is -0.356 e. The van der Waals surface area contributed by atoms with Crippen molar-refractivity contribution in [3.05, 3.63) is 35.6 Å². The van der Waals surface area contributed by atoms with Gasteiger partial charge in [0, 0.05) is 50.9 Å². The van der Waals surface area contributed by atoms with Crippen molar-refractivity contribution < 1.29 is 4.39 Å². The summed E-state index contributed by atoms with van der Waals surface area (Å²) in [4.78, 5) is 9.47. The molecule has 1 aromatic carbocycles. The fraction of sp³-hybridized carbons (Fsp3) is 0.696. The second-order valence-electron chi connectivity index (χ2n) is 8.95. The number of piperidine rings is 2. The average molecular weight is 402 g/mol. The van der Waals surface area contributed by atoms with Crippen LogP contribution in [0.5, 0.6) is 0 Å². The molecule has 0 radical (unpaired) electrons. The van der Waals surface area contributed by atoms with Gasteiger partial charge in [-0.2, -0.15) is 0 Å². The molecule has 0 amide bonds. The van der Waals surface area contributed by atoms with Gasteiger partial charge in [0.2, 0.25) is 0 Å². The summed E-state index contributed by atoms with van der Waals surface area (Å²) in [5.41, 5.74) is 0.807. The maximum absolute atomic E-state index is 13.9. The summed E-state index contributed by atoms with van der Waals surface area (Å²) in [5.74, 6) is 1.51. The van der Waals surface area contributed by atoms with Gasteiger partial charge in [-0.1, -0.05) is 18.2 Å². The van der Waals surface area contributed by atoms with Crippen LogP contribution < -0.4 is 10.6 Å². The summed E-state index contributed by atoms with van der Waals surface area (Å²) in [6.07, 6.45) is 7.54. The number of halogens is 1. The Morgan fingerprint density at radius 1 is 1.03 bits per heavy atom. The molecule has 3 aliphatic rings. The largest absolute Gasteiger partial charge is 0.356 e. The van der Waals surface area contributed by atoms with Crippen molar-refractivity contribution in [3.8, 4) is 0 Å². The lowest BCUT2D eigenvalue weighted by molar-refractivity contribution is 0.176. The monoisotopic (exact) mass is 401 g/mol. The first kappa shape index (κ1) is 20.6. The number of likely N-dealkylation sites (tertiary alicyclic amines) is 2. The number of benzene rings is 1. The minimum atomic E-state index is -0.0888. The first-order valence-corrected chi connectivity index (χ1v) is 11.4. The Morgan fingerprint density at radius 2 is 1.76 bits per heavy atom. The summed E-state index contributed by atoms with van der Waals surface area (Å²) in [6.45, 7) is 6.20. The zero-order chi connectivity index (χ0) is 20.1. The molecule has 2 N–H and O–H groups in total. The van der Waals surface area contributed by atoms with Gasteiger partial charge in [-0.25, -0.2) is 4.39 Å². The Labute approximate surface area is 174 Å². The normalized spacial score (nSPS) is 23.3. The Bertz CT molecular complexity index is 674. The Morgan fingerprint density at radius 3 is 2.41 bits per heavy atom. The number of nitrogens with one attached hydrogen (secondary N) is 2. The van der Waals surface area contributed by atoms with Crippen LogP contribution >= 0.6 is 0 Å². The van der Waals surface area contributed by atoms with Gasteiger partial charge in [0.15, 0.2) is 5.96 Å². The van der Waals surface area contributed by atoms with E-state index >= 15 is 0 Å². The fourth-order valence-electron chi connectivity index (χ4n) is 4.69. The van der Waals surface area contributed by atoms with E-state index < -0.39 is 0 Å². The molecular weight excluding hydrogens is 365 g/mol. The second kappa shape index (κ2) is 9.90. The highest BCUT2D eigenvalue weighted by molar-refractivity contribution is 5.79. The van der Waals surface area contributed by atoms with Crippen molar-refractivity contribution in [2.24, 2.45) is 10.9 Å². The summed E-state index contributed by atoms with van der Waals surface area (Å²) < 4.78 is 13.9. The van der Waals surface area contributed by atoms with Crippen LogP contribution in [-0.2, 0) is 6.54 Å². The molecule has 5 nitrogen and oxygen atoms in total. The van der Waals surface area contributed by atoms with E-state index in [4.69, 9.17) is 0 Å². The van der Waals surface area contributed by atoms with Gasteiger partial charge < -0.3 is 15.5 Å². The quantitative estimate of drug-likeness (QED) is 0.568. The number of hydrogen-bond acceptors (Lipinski definition) is 3. The van der Waals surface area contributed by atoms with Gasteiger partial charge in [-0.15, -0.1) is 0 Å². The highest BCUT2D eigenvalue weighted by atomic mass is 19.1. The second-order valence-corrected chi connectivity index (χ2v) is 8.95. The molecule has 1 aromatic rings. The minimum absolute atomic E-state index is 0.0888. The van der Waals surface area contributed by atoms with Crippen LogP contribution in [0, 0.1) is 11.7 Å². The van der Waals surface area contributed by atoms with E-state index in [1.54, 1.807) is 12.1 Å². The molecule has 0 aromatic heterocycles. The SMILES string of the molecule is CN=C(NCC1CCN(Cc2ccccc2F)CC1)NC1CCN(C2CC2)CC1. The van der Waals surface area contributed by atoms with Crippen LogP contribution in [0.15, 0.2) is 29.3 Å². The zero-order valence-corrected chi connectivity index (χ0v) is 17.7. The van der Waals surface area contributed by atoms with Crippen molar-refractivity contribution in [1.82, 2.24) is 20.4 Å². The molecule has 4 rings (SSSR count). The lowest BCUT2D eigenvalue weighted by atomic mass is 9.96. The third-order valence-electron chi connectivity index (χ3n) is 6.77. The van der Waals surface area contributed by atoms with Crippen LogP contribution in [-0.4, -0.2) is 67.6 Å². The molecule has 0 unspecified atom stereocenters. The third-order valence-corrected chi connectivity index (χ3v) is 6.77. The van der Waals surface area contributed by atoms with Gasteiger partial charge in [0.25, 0.3) is 0 Å². The van der Waals surface area contributed by atoms with Crippen molar-refractivity contribution in [1.29, 1.82) is 0 Å². The van der Waals surface area contributed by atoms with E-state index in [1.165, 1.54) is 38.8 Å². The molecule has 1 aliphatic carbocycles. The molecule has 2 heterocycles. The van der Waals surface area contributed by atoms with Crippen molar-refractivity contribution in [3.63, 3.8) is 0 Å². The highest BCUT2D eigenvalue weighted by Gasteiger charge is 2.32. The van der Waals surface area contributed by atoms with E-state index in [-0.39, 0.29) is 5.82 Å². The van der Waals surface area contributed by atoms with E-state index in [2.05, 4.69) is 25.4 Å². The Balaban J connectivity index is 1.14. The number of hydrogen-bond donors (Lipinski definition) is 2. The van der Waals surface area contributed by atoms with E-state index in [0.717, 1.165) is 56.6 Å². The molecule has 160 valence electrons. The molecule has 2 saturated heterocycles. The highest BCUT2D eigenvalue weighted by Crippen LogP contribution is 2.29. The molecule has 0 bridgehead atoms. The van der Waals surface area contributed by atoms with Crippen LogP contribution in [0.25, 0.3) is 0 Å². The topological polar surface area (TPSA) is 42.9 Å². The lowest BCUT2D eigenvalue weighted by Gasteiger charge is -2.34. The lowest BCUT2D eigenvalue weighted by Crippen LogP contribution is -2.50. The van der Waals surface area contributed by atoms with Crippen molar-refractivity contribution in [2.45, 2.75) is 57.2 Å². The molecule has 29 heavy (non-hydrogen) atoms. The zero-order valence-electron chi connectivity index (χ0n) is 17.7. The molecule has 1 saturated carbocycles. The number of rotatable bonds is 6. The van der Waals surface area contributed by atoms with Gasteiger partial charge in [-0.05, 0) is 63.6 Å². The summed E-state index contributed by atoms with van der Waals surface area (Å²) in [6, 6.07) is 8.56. The summed E-state index contributed by atoms with van der Waals surface area (Å²) in [5, 5.41) is 7.19. The molecular formula is C23H36FN5. The van der Waals surface area contributed by atoms with E-state index in [1.807, 2.05) is 19.2 Å². The van der Waals surface area contributed by atoms with Gasteiger partial charge >= 0.3 is 0 Å². The van der Waals surface area contributed by atoms with Gasteiger partial charge in [-0.3, -0.25) is 9.89 Å². The van der Waals surface area contributed by atoms with Gasteiger partial charge in [0.1, 0.15) is 5.82 Å². The van der Waals surface area contributed by atoms with Crippen LogP contribution in [0.4, 0.5) is 4.39 Å². The maximum Gasteiger partial charge on any atom is 0.191 e. The predicted molar refractivity (Wildman–Crippen MR) is 117 cm³/mol. The van der Waals surface area contributed by atoms with E-state index in [0.29, 0.717) is 12.0 Å². The molecule has 2 aliphatic heterocycles. The Hall–Kier alpha value is -1.66. The summed E-state index contributed by atoms with van der Waals surface area (Å²) in [7, 11) is 1.87. The van der Waals surface area contributed by atoms with E-state index in [9.17, 15) is 4.39 Å². The van der Waals surface area contributed by atoms with Crippen molar-refractivity contribution in [2.75, 3.05) is 39.8 Å². The van der Waals surface area contributed by atoms with Gasteiger partial charge in [0.05, 0.1) is 0 Å². The molecule has 0 spiro atoms. The maximum atomic E-state index is 13.9. The molecule has 3 fully saturated rings. The number of aliphatic imine (C=N–C) groups is 1. The van der Waals surface area contributed by atoms with Crippen LogP contribution in [0.2, 0.25) is 0 Å². The van der Waals surface area contributed by atoms with Crippen LogP contribution in [0.3, 0.4) is 0 Å². The molecule has 6 heteroatoms. The van der Waals surface area contributed by atoms with Crippen molar-refractivity contribution >= 4 is 5.96 Å². The summed E-state index contributed by atoms with van der Waals surface area (Å²) >= 11 is 0. The number of guanidine groups is 1. The standard InChI is InChI=1S/C23H36FN5/c1-25-23(27-20-10-14-29(15-11-20)21-6-7-21)26-16-18-8-12-28(13-9-18)17-19-4-2-3-5-22(19)24/h2-5,18,20-21H,6-17H2,1H3,(H2,25,26,27). The van der Waals surface area contributed by atoms with Crippen LogP contribution in [0.1, 0.15) is 44.1 Å². The molecule has 0 atom stereocenters. The Kier molecular flexibility index (Phi) is 7.03. The predicted octanol–water partition coefficient (Wildman–Crippen LogP) is 2.83. The first-order chi connectivity index (χ1) is 14.2. The first-order valence-electron chi connectivity index (χ1n) is 11.4. The third kappa shape index (κ3) is 5.92. The number of nitrogens with zero attached hydrogens (tertiary/aromatic N) is 3. The fourth-order valence-corrected chi connectivity index (χ4v) is 4.69. The average Bonchev–Trinajstić information content (AvgIpc) is 3.60.